The number of hydrogen-bond acceptors (Lipinski definition) is 4. The van der Waals surface area contributed by atoms with Crippen molar-refractivity contribution in [2.24, 2.45) is 0 Å². The van der Waals surface area contributed by atoms with Crippen molar-refractivity contribution in [3.63, 3.8) is 0 Å². The molecule has 0 aliphatic carbocycles. The van der Waals surface area contributed by atoms with E-state index < -0.39 is 10.0 Å². The topological polar surface area (TPSA) is 49.4 Å². The van der Waals surface area contributed by atoms with Crippen LogP contribution in [-0.2, 0) is 10.0 Å². The fourth-order valence-corrected chi connectivity index (χ4v) is 4.03. The largest absolute Gasteiger partial charge is 0.320 e. The van der Waals surface area contributed by atoms with Crippen molar-refractivity contribution < 1.29 is 8.42 Å². The highest BCUT2D eigenvalue weighted by Gasteiger charge is 2.23. The van der Waals surface area contributed by atoms with E-state index in [-0.39, 0.29) is 5.75 Å². The second kappa shape index (κ2) is 5.95. The summed E-state index contributed by atoms with van der Waals surface area (Å²) in [5.74, 6) is 2.15. The lowest BCUT2D eigenvalue weighted by Crippen LogP contribution is -2.39. The molecule has 0 aromatic heterocycles. The molecule has 1 aliphatic rings. The first-order valence-corrected chi connectivity index (χ1v) is 7.63. The molecule has 0 saturated carbocycles. The van der Waals surface area contributed by atoms with Crippen LogP contribution < -0.4 is 5.32 Å². The van der Waals surface area contributed by atoms with Crippen LogP contribution in [0.4, 0.5) is 0 Å². The Labute approximate surface area is 90.5 Å². The van der Waals surface area contributed by atoms with Gasteiger partial charge in [0.25, 0.3) is 0 Å². The molecule has 0 amide bonds. The predicted octanol–water partition coefficient (Wildman–Crippen LogP) is -0.0255. The van der Waals surface area contributed by atoms with E-state index in [0.29, 0.717) is 19.5 Å². The van der Waals surface area contributed by atoms with E-state index in [0.717, 1.165) is 18.1 Å². The normalized spacial score (nSPS) is 19.8. The average Bonchev–Trinajstić information content (AvgIpc) is 2.19. The van der Waals surface area contributed by atoms with Gasteiger partial charge in [-0.15, -0.1) is 0 Å². The highest BCUT2D eigenvalue weighted by atomic mass is 32.2. The van der Waals surface area contributed by atoms with Crippen LogP contribution in [0.15, 0.2) is 0 Å². The van der Waals surface area contributed by atoms with Gasteiger partial charge in [-0.2, -0.15) is 11.8 Å². The lowest BCUT2D eigenvalue weighted by atomic mass is 10.5. The van der Waals surface area contributed by atoms with Crippen molar-refractivity contribution >= 4 is 21.8 Å². The van der Waals surface area contributed by atoms with Crippen LogP contribution in [0, 0.1) is 0 Å². The van der Waals surface area contributed by atoms with E-state index in [4.69, 9.17) is 0 Å². The van der Waals surface area contributed by atoms with E-state index in [9.17, 15) is 8.42 Å². The molecule has 0 atom stereocenters. The summed E-state index contributed by atoms with van der Waals surface area (Å²) < 4.78 is 25.1. The Morgan fingerprint density at radius 1 is 1.36 bits per heavy atom. The van der Waals surface area contributed by atoms with Crippen LogP contribution in [0.25, 0.3) is 0 Å². The van der Waals surface area contributed by atoms with Crippen molar-refractivity contribution in [2.45, 2.75) is 6.42 Å². The molecule has 0 radical (unpaired) electrons. The molecule has 14 heavy (non-hydrogen) atoms. The molecule has 1 N–H and O–H groups in total. The Kier molecular flexibility index (Phi) is 5.22. The molecule has 0 aromatic rings. The van der Waals surface area contributed by atoms with Gasteiger partial charge in [-0.25, -0.2) is 12.7 Å². The molecule has 0 bridgehead atoms. The minimum atomic E-state index is -2.98. The second-order valence-electron chi connectivity index (χ2n) is 3.28. The third-order valence-electron chi connectivity index (χ3n) is 2.19. The fraction of sp³-hybridized carbons (Fsp3) is 1.00. The zero-order valence-corrected chi connectivity index (χ0v) is 10.2. The van der Waals surface area contributed by atoms with E-state index in [1.807, 2.05) is 18.8 Å². The standard InChI is InChI=1S/C8H18N2O2S2/c1-9-3-2-8-14(11,12)10-4-6-13-7-5-10/h9H,2-8H2,1H3. The maximum absolute atomic E-state index is 11.7. The summed E-state index contributed by atoms with van der Waals surface area (Å²) in [5.41, 5.74) is 0. The lowest BCUT2D eigenvalue weighted by molar-refractivity contribution is 0.442. The molecule has 0 aromatic carbocycles. The van der Waals surface area contributed by atoms with Gasteiger partial charge in [-0.1, -0.05) is 0 Å². The molecule has 6 heteroatoms. The van der Waals surface area contributed by atoms with Crippen molar-refractivity contribution in [2.75, 3.05) is 43.9 Å². The van der Waals surface area contributed by atoms with Gasteiger partial charge in [0.05, 0.1) is 5.75 Å². The van der Waals surface area contributed by atoms with Gasteiger partial charge in [-0.3, -0.25) is 0 Å². The van der Waals surface area contributed by atoms with Gasteiger partial charge in [0.2, 0.25) is 10.0 Å². The third-order valence-corrected chi connectivity index (χ3v) is 5.09. The van der Waals surface area contributed by atoms with Crippen LogP contribution in [0.5, 0.6) is 0 Å². The first kappa shape index (κ1) is 12.3. The van der Waals surface area contributed by atoms with Gasteiger partial charge >= 0.3 is 0 Å². The molecule has 1 heterocycles. The number of sulfonamides is 1. The van der Waals surface area contributed by atoms with Gasteiger partial charge in [0.15, 0.2) is 0 Å². The Balaban J connectivity index is 2.38. The molecule has 0 spiro atoms. The van der Waals surface area contributed by atoms with Crippen molar-refractivity contribution in [3.05, 3.63) is 0 Å². The Bertz CT molecular complexity index is 248. The maximum atomic E-state index is 11.7. The van der Waals surface area contributed by atoms with Crippen LogP contribution in [0.1, 0.15) is 6.42 Å². The van der Waals surface area contributed by atoms with E-state index in [1.165, 1.54) is 0 Å². The highest BCUT2D eigenvalue weighted by Crippen LogP contribution is 2.13. The van der Waals surface area contributed by atoms with Crippen molar-refractivity contribution in [1.82, 2.24) is 9.62 Å². The molecule has 0 unspecified atom stereocenters. The zero-order chi connectivity index (χ0) is 10.4. The average molecular weight is 238 g/mol. The number of nitrogens with one attached hydrogen (secondary N) is 1. The first-order valence-electron chi connectivity index (χ1n) is 4.87. The quantitative estimate of drug-likeness (QED) is 0.684. The van der Waals surface area contributed by atoms with Crippen LogP contribution in [-0.4, -0.2) is 56.7 Å². The van der Waals surface area contributed by atoms with E-state index >= 15 is 0 Å². The van der Waals surface area contributed by atoms with Gasteiger partial charge in [-0.05, 0) is 20.0 Å². The van der Waals surface area contributed by atoms with Crippen LogP contribution >= 0.6 is 11.8 Å². The molecular weight excluding hydrogens is 220 g/mol. The molecule has 84 valence electrons. The number of rotatable bonds is 5. The van der Waals surface area contributed by atoms with E-state index in [2.05, 4.69) is 5.32 Å². The Hall–Kier alpha value is 0.220. The Morgan fingerprint density at radius 2 is 2.00 bits per heavy atom. The van der Waals surface area contributed by atoms with Gasteiger partial charge in [0, 0.05) is 24.6 Å². The molecular formula is C8H18N2O2S2. The molecule has 1 saturated heterocycles. The number of thioether (sulfide) groups is 1. The molecule has 1 fully saturated rings. The summed E-state index contributed by atoms with van der Waals surface area (Å²) in [6.45, 7) is 2.14. The van der Waals surface area contributed by atoms with Gasteiger partial charge < -0.3 is 5.32 Å². The number of hydrogen-bond donors (Lipinski definition) is 1. The summed E-state index contributed by atoms with van der Waals surface area (Å²) in [6.07, 6.45) is 0.697. The summed E-state index contributed by atoms with van der Waals surface area (Å²) in [4.78, 5) is 0. The SMILES string of the molecule is CNCCCS(=O)(=O)N1CCSCC1. The summed E-state index contributed by atoms with van der Waals surface area (Å²) in [6, 6.07) is 0. The highest BCUT2D eigenvalue weighted by molar-refractivity contribution is 7.99. The molecule has 1 rings (SSSR count). The summed E-state index contributed by atoms with van der Waals surface area (Å²) in [5, 5.41) is 2.96. The first-order chi connectivity index (χ1) is 6.67. The fourth-order valence-electron chi connectivity index (χ4n) is 1.39. The predicted molar refractivity (Wildman–Crippen MR) is 61.2 cm³/mol. The monoisotopic (exact) mass is 238 g/mol. The maximum Gasteiger partial charge on any atom is 0.214 e. The minimum absolute atomic E-state index is 0.276. The Morgan fingerprint density at radius 3 is 2.57 bits per heavy atom. The van der Waals surface area contributed by atoms with E-state index in [1.54, 1.807) is 4.31 Å². The minimum Gasteiger partial charge on any atom is -0.320 e. The summed E-state index contributed by atoms with van der Waals surface area (Å²) >= 11 is 1.82. The van der Waals surface area contributed by atoms with Crippen molar-refractivity contribution in [3.8, 4) is 0 Å². The molecule has 1 aliphatic heterocycles. The summed E-state index contributed by atoms with van der Waals surface area (Å²) in [7, 11) is -1.14. The smallest absolute Gasteiger partial charge is 0.214 e. The number of nitrogens with zero attached hydrogens (tertiary/aromatic N) is 1. The second-order valence-corrected chi connectivity index (χ2v) is 6.60. The van der Waals surface area contributed by atoms with Crippen molar-refractivity contribution in [1.29, 1.82) is 0 Å². The third kappa shape index (κ3) is 3.76. The van der Waals surface area contributed by atoms with Crippen LogP contribution in [0.2, 0.25) is 0 Å². The molecule has 4 nitrogen and oxygen atoms in total. The lowest BCUT2D eigenvalue weighted by Gasteiger charge is -2.25. The van der Waals surface area contributed by atoms with Gasteiger partial charge in [0.1, 0.15) is 0 Å². The van der Waals surface area contributed by atoms with Crippen LogP contribution in [0.3, 0.4) is 0 Å². The zero-order valence-electron chi connectivity index (χ0n) is 8.53.